The van der Waals surface area contributed by atoms with Gasteiger partial charge in [-0.2, -0.15) is 0 Å². The lowest BCUT2D eigenvalue weighted by Crippen LogP contribution is -2.16. The largest absolute Gasteiger partial charge is 0.462 e. The van der Waals surface area contributed by atoms with Crippen LogP contribution in [0.2, 0.25) is 0 Å². The Labute approximate surface area is 178 Å². The number of aromatic nitrogens is 3. The predicted molar refractivity (Wildman–Crippen MR) is 114 cm³/mol. The van der Waals surface area contributed by atoms with E-state index in [1.54, 1.807) is 6.92 Å². The van der Waals surface area contributed by atoms with E-state index in [1.807, 2.05) is 0 Å². The highest BCUT2D eigenvalue weighted by Gasteiger charge is 2.28. The van der Waals surface area contributed by atoms with Crippen LogP contribution in [0.3, 0.4) is 0 Å². The van der Waals surface area contributed by atoms with Gasteiger partial charge in [0.05, 0.1) is 17.9 Å². The molecule has 0 atom stereocenters. The van der Waals surface area contributed by atoms with E-state index < -0.39 is 0 Å². The topological polar surface area (TPSA) is 97.0 Å². The summed E-state index contributed by atoms with van der Waals surface area (Å²) in [4.78, 5) is 30.6. The standard InChI is InChI=1S/C20H26N4O3S2/c1-2-27-19(26)17-13-8-5-9-14(13)29-18(17)22-16(25)11-28-20-21-15(23-24-20)10-12-6-3-4-7-12/h12H,2-11H2,1H3,(H,22,25)(H,21,23,24). The zero-order valence-corrected chi connectivity index (χ0v) is 18.2. The number of H-pyrrole nitrogens is 1. The minimum atomic E-state index is -0.347. The van der Waals surface area contributed by atoms with Gasteiger partial charge < -0.3 is 10.1 Å². The monoisotopic (exact) mass is 434 g/mol. The van der Waals surface area contributed by atoms with Crippen molar-refractivity contribution in [3.63, 3.8) is 0 Å². The highest BCUT2D eigenvalue weighted by atomic mass is 32.2. The molecule has 1 saturated carbocycles. The van der Waals surface area contributed by atoms with Crippen LogP contribution in [0, 0.1) is 5.92 Å². The summed E-state index contributed by atoms with van der Waals surface area (Å²) in [6.07, 6.45) is 8.94. The van der Waals surface area contributed by atoms with Crippen LogP contribution in [-0.2, 0) is 28.8 Å². The smallest absolute Gasteiger partial charge is 0.341 e. The molecule has 0 aromatic carbocycles. The lowest BCUT2D eigenvalue weighted by Gasteiger charge is -2.07. The number of fused-ring (bicyclic) bond motifs is 1. The molecular weight excluding hydrogens is 408 g/mol. The molecule has 0 spiro atoms. The van der Waals surface area contributed by atoms with Crippen molar-refractivity contribution in [1.82, 2.24) is 15.2 Å². The van der Waals surface area contributed by atoms with Gasteiger partial charge in [-0.05, 0) is 37.7 Å². The van der Waals surface area contributed by atoms with Crippen LogP contribution >= 0.6 is 23.1 Å². The SMILES string of the molecule is CCOC(=O)c1c(NC(=O)CSc2n[nH]c(CC3CCCC3)n2)sc2c1CCC2. The van der Waals surface area contributed by atoms with E-state index in [9.17, 15) is 9.59 Å². The van der Waals surface area contributed by atoms with Crippen molar-refractivity contribution < 1.29 is 14.3 Å². The maximum Gasteiger partial charge on any atom is 0.341 e. The number of thioether (sulfide) groups is 1. The molecule has 0 radical (unpaired) electrons. The van der Waals surface area contributed by atoms with Crippen LogP contribution in [0.5, 0.6) is 0 Å². The molecule has 4 rings (SSSR count). The number of carbonyl (C=O) groups is 2. The normalized spacial score (nSPS) is 16.2. The highest BCUT2D eigenvalue weighted by molar-refractivity contribution is 7.99. The van der Waals surface area contributed by atoms with Gasteiger partial charge in [-0.25, -0.2) is 9.78 Å². The lowest BCUT2D eigenvalue weighted by atomic mass is 10.0. The molecule has 0 bridgehead atoms. The number of aromatic amines is 1. The summed E-state index contributed by atoms with van der Waals surface area (Å²) < 4.78 is 5.21. The molecule has 2 aromatic rings. The number of esters is 1. The number of thiophene rings is 1. The van der Waals surface area contributed by atoms with Gasteiger partial charge in [0.25, 0.3) is 0 Å². The number of aryl methyl sites for hydroxylation is 1. The summed E-state index contributed by atoms with van der Waals surface area (Å²) >= 11 is 2.80. The van der Waals surface area contributed by atoms with Gasteiger partial charge in [0.15, 0.2) is 0 Å². The third-order valence-electron chi connectivity index (χ3n) is 5.45. The van der Waals surface area contributed by atoms with Crippen molar-refractivity contribution in [3.05, 3.63) is 21.8 Å². The quantitative estimate of drug-likeness (QED) is 0.482. The van der Waals surface area contributed by atoms with Gasteiger partial charge in [0, 0.05) is 11.3 Å². The van der Waals surface area contributed by atoms with Crippen molar-refractivity contribution >= 4 is 40.0 Å². The molecule has 2 N–H and O–H groups in total. The van der Waals surface area contributed by atoms with Crippen LogP contribution in [0.15, 0.2) is 5.16 Å². The number of hydrogen-bond donors (Lipinski definition) is 2. The minimum absolute atomic E-state index is 0.164. The maximum atomic E-state index is 12.5. The second-order valence-corrected chi connectivity index (χ2v) is 9.59. The average molecular weight is 435 g/mol. The fourth-order valence-electron chi connectivity index (χ4n) is 4.13. The molecule has 0 unspecified atom stereocenters. The number of nitrogens with one attached hydrogen (secondary N) is 2. The van der Waals surface area contributed by atoms with Gasteiger partial charge >= 0.3 is 5.97 Å². The summed E-state index contributed by atoms with van der Waals surface area (Å²) in [6, 6.07) is 0. The van der Waals surface area contributed by atoms with E-state index in [0.29, 0.717) is 28.2 Å². The minimum Gasteiger partial charge on any atom is -0.462 e. The van der Waals surface area contributed by atoms with Crippen LogP contribution in [0.25, 0.3) is 0 Å². The van der Waals surface area contributed by atoms with Crippen molar-refractivity contribution in [2.45, 2.75) is 63.4 Å². The molecule has 7 nitrogen and oxygen atoms in total. The van der Waals surface area contributed by atoms with Gasteiger partial charge in [0.1, 0.15) is 10.8 Å². The molecule has 0 aliphatic heterocycles. The van der Waals surface area contributed by atoms with Crippen LogP contribution < -0.4 is 5.32 Å². The van der Waals surface area contributed by atoms with Crippen molar-refractivity contribution in [2.75, 3.05) is 17.7 Å². The van der Waals surface area contributed by atoms with Gasteiger partial charge in [0.2, 0.25) is 11.1 Å². The molecule has 0 saturated heterocycles. The Kier molecular flexibility index (Phi) is 6.54. The average Bonchev–Trinajstić information content (AvgIpc) is 3.46. The number of amides is 1. The van der Waals surface area contributed by atoms with Crippen LogP contribution in [0.1, 0.15) is 65.7 Å². The maximum absolute atomic E-state index is 12.5. The number of ether oxygens (including phenoxy) is 1. The zero-order valence-electron chi connectivity index (χ0n) is 16.6. The first-order valence-corrected chi connectivity index (χ1v) is 12.1. The lowest BCUT2D eigenvalue weighted by molar-refractivity contribution is -0.113. The van der Waals surface area contributed by atoms with Crippen molar-refractivity contribution in [2.24, 2.45) is 5.92 Å². The third-order valence-corrected chi connectivity index (χ3v) is 7.51. The van der Waals surface area contributed by atoms with E-state index in [1.165, 1.54) is 53.7 Å². The van der Waals surface area contributed by atoms with Gasteiger partial charge in [-0.3, -0.25) is 9.89 Å². The Morgan fingerprint density at radius 3 is 2.90 bits per heavy atom. The summed E-state index contributed by atoms with van der Waals surface area (Å²) in [5, 5.41) is 11.3. The first-order valence-electron chi connectivity index (χ1n) is 10.3. The number of anilines is 1. The number of hydrogen-bond acceptors (Lipinski definition) is 7. The summed E-state index contributed by atoms with van der Waals surface area (Å²) in [7, 11) is 0. The fourth-order valence-corrected chi connectivity index (χ4v) is 6.04. The Morgan fingerprint density at radius 2 is 2.10 bits per heavy atom. The van der Waals surface area contributed by atoms with Crippen LogP contribution in [0.4, 0.5) is 5.00 Å². The molecule has 2 aliphatic carbocycles. The van der Waals surface area contributed by atoms with Gasteiger partial charge in [-0.1, -0.05) is 37.4 Å². The van der Waals surface area contributed by atoms with Crippen molar-refractivity contribution in [3.8, 4) is 0 Å². The van der Waals surface area contributed by atoms with E-state index in [-0.39, 0.29) is 17.6 Å². The Morgan fingerprint density at radius 1 is 1.28 bits per heavy atom. The molecule has 1 fully saturated rings. The number of carbonyl (C=O) groups excluding carboxylic acids is 2. The second kappa shape index (κ2) is 9.30. The van der Waals surface area contributed by atoms with Gasteiger partial charge in [-0.15, -0.1) is 16.4 Å². The van der Waals surface area contributed by atoms with E-state index >= 15 is 0 Å². The van der Waals surface area contributed by atoms with E-state index in [0.717, 1.165) is 37.1 Å². The molecule has 1 amide bonds. The first kappa shape index (κ1) is 20.4. The Hall–Kier alpha value is -1.87. The van der Waals surface area contributed by atoms with E-state index in [4.69, 9.17) is 4.74 Å². The number of nitrogens with zero attached hydrogens (tertiary/aromatic N) is 2. The second-order valence-electron chi connectivity index (χ2n) is 7.54. The fraction of sp³-hybridized carbons (Fsp3) is 0.600. The predicted octanol–water partition coefficient (Wildman–Crippen LogP) is 4.00. The zero-order chi connectivity index (χ0) is 20.2. The molecule has 29 heavy (non-hydrogen) atoms. The Balaban J connectivity index is 1.34. The van der Waals surface area contributed by atoms with Crippen LogP contribution in [-0.4, -0.2) is 39.4 Å². The highest BCUT2D eigenvalue weighted by Crippen LogP contribution is 2.39. The summed E-state index contributed by atoms with van der Waals surface area (Å²) in [6.45, 7) is 2.11. The molecule has 9 heteroatoms. The molecule has 156 valence electrons. The Bertz CT molecular complexity index is 886. The first-order chi connectivity index (χ1) is 14.1. The molecule has 2 aliphatic rings. The molecular formula is C20H26N4O3S2. The molecule has 2 aromatic heterocycles. The third kappa shape index (κ3) is 4.83. The molecule has 2 heterocycles. The summed E-state index contributed by atoms with van der Waals surface area (Å²) in [5.74, 6) is 1.29. The van der Waals surface area contributed by atoms with Crippen molar-refractivity contribution in [1.29, 1.82) is 0 Å². The summed E-state index contributed by atoms with van der Waals surface area (Å²) in [5.41, 5.74) is 1.58. The number of rotatable bonds is 8. The van der Waals surface area contributed by atoms with E-state index in [2.05, 4.69) is 20.5 Å².